The summed E-state index contributed by atoms with van der Waals surface area (Å²) in [6.45, 7) is 10.1. The Morgan fingerprint density at radius 3 is 2.65 bits per heavy atom. The molecule has 0 radical (unpaired) electrons. The lowest BCUT2D eigenvalue weighted by Crippen LogP contribution is -2.41. The van der Waals surface area contributed by atoms with E-state index >= 15 is 0 Å². The lowest BCUT2D eigenvalue weighted by Gasteiger charge is -2.37. The number of nitrogens with one attached hydrogen (secondary N) is 1. The molecule has 1 unspecified atom stereocenters. The first-order chi connectivity index (χ1) is 7.93. The van der Waals surface area contributed by atoms with Crippen molar-refractivity contribution in [1.82, 2.24) is 0 Å². The number of likely N-dealkylation sites (N-methyl/N-ethyl adjacent to an activating group) is 1. The van der Waals surface area contributed by atoms with Gasteiger partial charge in [0.2, 0.25) is 0 Å². The van der Waals surface area contributed by atoms with E-state index in [1.54, 1.807) is 0 Å². The zero-order valence-corrected chi connectivity index (χ0v) is 11.7. The summed E-state index contributed by atoms with van der Waals surface area (Å²) >= 11 is 0. The molecule has 0 bridgehead atoms. The van der Waals surface area contributed by atoms with Gasteiger partial charge in [0.15, 0.2) is 0 Å². The third kappa shape index (κ3) is 2.26. The largest absolute Gasteiger partial charge is 0.381 e. The number of rotatable bonds is 1. The number of anilines is 2. The molecule has 17 heavy (non-hydrogen) atoms. The number of nitrogens with zero attached hydrogens (tertiary/aromatic N) is 1. The van der Waals surface area contributed by atoms with E-state index in [9.17, 15) is 0 Å². The van der Waals surface area contributed by atoms with E-state index in [1.165, 1.54) is 23.4 Å². The van der Waals surface area contributed by atoms with Gasteiger partial charge >= 0.3 is 0 Å². The molecule has 0 spiro atoms. The maximum Gasteiger partial charge on any atom is 0.0605 e. The maximum absolute atomic E-state index is 3.53. The normalized spacial score (nSPS) is 19.8. The molecular formula is C15H24N2. The molecule has 94 valence electrons. The van der Waals surface area contributed by atoms with E-state index in [0.29, 0.717) is 6.04 Å². The number of benzene rings is 1. The lowest BCUT2D eigenvalue weighted by molar-refractivity contribution is 0.586. The second-order valence-corrected chi connectivity index (χ2v) is 6.04. The zero-order chi connectivity index (χ0) is 12.6. The van der Waals surface area contributed by atoms with Gasteiger partial charge in [0, 0.05) is 19.6 Å². The van der Waals surface area contributed by atoms with Gasteiger partial charge in [-0.15, -0.1) is 0 Å². The third-order valence-corrected chi connectivity index (χ3v) is 3.79. The first-order valence-electron chi connectivity index (χ1n) is 6.54. The van der Waals surface area contributed by atoms with Crippen LogP contribution < -0.4 is 10.2 Å². The van der Waals surface area contributed by atoms with E-state index in [2.05, 4.69) is 63.2 Å². The Hall–Kier alpha value is -1.18. The fourth-order valence-electron chi connectivity index (χ4n) is 2.42. The molecule has 2 heteroatoms. The molecule has 1 heterocycles. The molecule has 1 atom stereocenters. The van der Waals surface area contributed by atoms with Gasteiger partial charge < -0.3 is 10.2 Å². The summed E-state index contributed by atoms with van der Waals surface area (Å²) in [7, 11) is 2.21. The van der Waals surface area contributed by atoms with Crippen LogP contribution in [0.3, 0.4) is 0 Å². The van der Waals surface area contributed by atoms with E-state index in [0.717, 1.165) is 6.54 Å². The molecular weight excluding hydrogens is 208 g/mol. The Morgan fingerprint density at radius 2 is 2.06 bits per heavy atom. The van der Waals surface area contributed by atoms with Gasteiger partial charge in [-0.25, -0.2) is 0 Å². The van der Waals surface area contributed by atoms with Gasteiger partial charge in [-0.3, -0.25) is 0 Å². The fourth-order valence-corrected chi connectivity index (χ4v) is 2.42. The summed E-state index contributed by atoms with van der Waals surface area (Å²) in [6, 6.07) is 7.41. The van der Waals surface area contributed by atoms with Gasteiger partial charge in [-0.2, -0.15) is 0 Å². The first-order valence-corrected chi connectivity index (χ1v) is 6.54. The van der Waals surface area contributed by atoms with Crippen LogP contribution >= 0.6 is 0 Å². The van der Waals surface area contributed by atoms with Gasteiger partial charge in [0.05, 0.1) is 11.4 Å². The van der Waals surface area contributed by atoms with Gasteiger partial charge in [-0.05, 0) is 29.5 Å². The Morgan fingerprint density at radius 1 is 1.35 bits per heavy atom. The number of hydrogen-bond donors (Lipinski definition) is 1. The molecule has 1 aliphatic heterocycles. The molecule has 0 saturated carbocycles. The quantitative estimate of drug-likeness (QED) is 0.795. The number of hydrogen-bond acceptors (Lipinski definition) is 2. The molecule has 0 aromatic heterocycles. The van der Waals surface area contributed by atoms with Crippen molar-refractivity contribution >= 4 is 11.4 Å². The molecule has 1 N–H and O–H groups in total. The smallest absolute Gasteiger partial charge is 0.0605 e. The van der Waals surface area contributed by atoms with Gasteiger partial charge in [-0.1, -0.05) is 33.8 Å². The van der Waals surface area contributed by atoms with Gasteiger partial charge in [0.25, 0.3) is 0 Å². The summed E-state index contributed by atoms with van der Waals surface area (Å²) in [4.78, 5) is 2.42. The van der Waals surface area contributed by atoms with Crippen LogP contribution in [0.15, 0.2) is 18.2 Å². The minimum Gasteiger partial charge on any atom is -0.381 e. The second kappa shape index (κ2) is 4.25. The number of fused-ring (bicyclic) bond motifs is 1. The minimum atomic E-state index is 0.217. The van der Waals surface area contributed by atoms with Crippen molar-refractivity contribution in [3.63, 3.8) is 0 Å². The summed E-state index contributed by atoms with van der Waals surface area (Å²) in [6.07, 6.45) is 1.18. The van der Waals surface area contributed by atoms with Crippen molar-refractivity contribution in [3.05, 3.63) is 23.8 Å². The first kappa shape index (κ1) is 12.3. The predicted molar refractivity (Wildman–Crippen MR) is 76.1 cm³/mol. The molecule has 2 rings (SSSR count). The average molecular weight is 232 g/mol. The van der Waals surface area contributed by atoms with E-state index in [1.807, 2.05) is 0 Å². The standard InChI is InChI=1S/C15H24N2/c1-6-12-10-16-13-8-7-11(15(2,3)4)9-14(13)17(12)5/h7-9,12,16H,6,10H2,1-5H3. The molecule has 1 aromatic carbocycles. The van der Waals surface area contributed by atoms with E-state index in [-0.39, 0.29) is 5.41 Å². The molecule has 1 aliphatic rings. The molecule has 1 aromatic rings. The Bertz CT molecular complexity index is 404. The maximum atomic E-state index is 3.53. The van der Waals surface area contributed by atoms with Crippen LogP contribution in [0, 0.1) is 0 Å². The summed E-state index contributed by atoms with van der Waals surface area (Å²) in [5.41, 5.74) is 4.23. The van der Waals surface area contributed by atoms with Crippen LogP contribution in [0.2, 0.25) is 0 Å². The highest BCUT2D eigenvalue weighted by molar-refractivity contribution is 5.73. The predicted octanol–water partition coefficient (Wildman–Crippen LogP) is 3.62. The van der Waals surface area contributed by atoms with E-state index in [4.69, 9.17) is 0 Å². The monoisotopic (exact) mass is 232 g/mol. The van der Waals surface area contributed by atoms with Crippen molar-refractivity contribution < 1.29 is 0 Å². The summed E-state index contributed by atoms with van der Waals surface area (Å²) in [5, 5.41) is 3.53. The highest BCUT2D eigenvalue weighted by Gasteiger charge is 2.23. The molecule has 2 nitrogen and oxygen atoms in total. The molecule has 0 saturated heterocycles. The van der Waals surface area contributed by atoms with Crippen LogP contribution in [0.1, 0.15) is 39.7 Å². The topological polar surface area (TPSA) is 15.3 Å². The third-order valence-electron chi connectivity index (χ3n) is 3.79. The van der Waals surface area contributed by atoms with Crippen LogP contribution in [-0.2, 0) is 5.41 Å². The van der Waals surface area contributed by atoms with Crippen LogP contribution in [0.5, 0.6) is 0 Å². The average Bonchev–Trinajstić information content (AvgIpc) is 2.28. The highest BCUT2D eigenvalue weighted by atomic mass is 15.2. The van der Waals surface area contributed by atoms with Crippen LogP contribution in [0.4, 0.5) is 11.4 Å². The van der Waals surface area contributed by atoms with Crippen molar-refractivity contribution in [1.29, 1.82) is 0 Å². The SMILES string of the molecule is CCC1CNc2ccc(C(C)(C)C)cc2N1C. The van der Waals surface area contributed by atoms with Crippen LogP contribution in [0.25, 0.3) is 0 Å². The summed E-state index contributed by atoms with van der Waals surface area (Å²) < 4.78 is 0. The van der Waals surface area contributed by atoms with Crippen LogP contribution in [-0.4, -0.2) is 19.6 Å². The molecule has 0 amide bonds. The van der Waals surface area contributed by atoms with Crippen molar-refractivity contribution in [2.24, 2.45) is 0 Å². The highest BCUT2D eigenvalue weighted by Crippen LogP contribution is 2.35. The molecule has 0 fully saturated rings. The van der Waals surface area contributed by atoms with Crippen molar-refractivity contribution in [2.45, 2.75) is 45.6 Å². The fraction of sp³-hybridized carbons (Fsp3) is 0.600. The lowest BCUT2D eigenvalue weighted by atomic mass is 9.86. The van der Waals surface area contributed by atoms with Crippen molar-refractivity contribution in [2.75, 3.05) is 23.8 Å². The Labute approximate surface area is 105 Å². The zero-order valence-electron chi connectivity index (χ0n) is 11.7. The Balaban J connectivity index is 2.40. The van der Waals surface area contributed by atoms with E-state index < -0.39 is 0 Å². The van der Waals surface area contributed by atoms with Gasteiger partial charge in [0.1, 0.15) is 0 Å². The second-order valence-electron chi connectivity index (χ2n) is 6.04. The summed E-state index contributed by atoms with van der Waals surface area (Å²) in [5.74, 6) is 0. The molecule has 0 aliphatic carbocycles. The Kier molecular flexibility index (Phi) is 3.07. The minimum absolute atomic E-state index is 0.217. The van der Waals surface area contributed by atoms with Crippen molar-refractivity contribution in [3.8, 4) is 0 Å².